The fourth-order valence-electron chi connectivity index (χ4n) is 4.34. The molecule has 6 heteroatoms. The van der Waals surface area contributed by atoms with E-state index in [4.69, 9.17) is 4.89 Å². The van der Waals surface area contributed by atoms with Gasteiger partial charge in [-0.25, -0.2) is 9.78 Å². The molecular formula is C27H27N3O2S. The highest BCUT2D eigenvalue weighted by Gasteiger charge is 2.20. The van der Waals surface area contributed by atoms with Gasteiger partial charge >= 0.3 is 0 Å². The Balaban J connectivity index is 1.22. The molecule has 0 aliphatic carbocycles. The summed E-state index contributed by atoms with van der Waals surface area (Å²) in [4.78, 5) is 12.1. The molecule has 1 saturated heterocycles. The predicted octanol–water partition coefficient (Wildman–Crippen LogP) is 6.33. The van der Waals surface area contributed by atoms with Gasteiger partial charge < -0.3 is 4.90 Å². The van der Waals surface area contributed by atoms with Crippen molar-refractivity contribution in [2.24, 2.45) is 0 Å². The topological polar surface area (TPSA) is 47.5 Å². The van der Waals surface area contributed by atoms with E-state index in [2.05, 4.69) is 74.6 Å². The van der Waals surface area contributed by atoms with Crippen LogP contribution in [0.15, 0.2) is 78.9 Å². The lowest BCUT2D eigenvalue weighted by molar-refractivity contribution is -0.282. The van der Waals surface area contributed by atoms with Gasteiger partial charge in [0.25, 0.3) is 0 Å². The van der Waals surface area contributed by atoms with E-state index in [1.54, 1.807) is 11.3 Å². The number of benzene rings is 3. The van der Waals surface area contributed by atoms with Crippen LogP contribution in [0, 0.1) is 0 Å². The molecule has 0 amide bonds. The van der Waals surface area contributed by atoms with Crippen molar-refractivity contribution in [1.82, 2.24) is 10.2 Å². The second-order valence-electron chi connectivity index (χ2n) is 8.26. The number of hydrogen-bond donors (Lipinski definition) is 0. The standard InChI is InChI=1S/C27H27N3O2S/c1-31-32-19-20-7-9-23(10-8-20)26-28-29-27(33-26)24-11-13-25(14-12-24)30-17-15-22(16-18-30)21-5-3-2-4-6-21/h2-14,22H,15-19H2,1H3. The number of aromatic nitrogens is 2. The maximum atomic E-state index is 4.98. The van der Waals surface area contributed by atoms with Crippen LogP contribution in [0.4, 0.5) is 5.69 Å². The minimum absolute atomic E-state index is 0.425. The van der Waals surface area contributed by atoms with E-state index >= 15 is 0 Å². The van der Waals surface area contributed by atoms with Crippen molar-refractivity contribution in [3.8, 4) is 21.1 Å². The minimum Gasteiger partial charge on any atom is -0.371 e. The molecule has 1 fully saturated rings. The summed E-state index contributed by atoms with van der Waals surface area (Å²) in [5.41, 5.74) is 5.96. The molecule has 0 spiro atoms. The highest BCUT2D eigenvalue weighted by Crippen LogP contribution is 2.33. The molecule has 4 aromatic rings. The van der Waals surface area contributed by atoms with Crippen LogP contribution in [0.5, 0.6) is 0 Å². The van der Waals surface area contributed by atoms with Gasteiger partial charge in [-0.05, 0) is 54.2 Å². The monoisotopic (exact) mass is 457 g/mol. The van der Waals surface area contributed by atoms with Crippen LogP contribution in [0.25, 0.3) is 21.1 Å². The molecule has 0 atom stereocenters. The van der Waals surface area contributed by atoms with Gasteiger partial charge in [-0.1, -0.05) is 65.9 Å². The third kappa shape index (κ3) is 5.14. The van der Waals surface area contributed by atoms with E-state index < -0.39 is 0 Å². The van der Waals surface area contributed by atoms with Crippen LogP contribution in [-0.2, 0) is 16.4 Å². The van der Waals surface area contributed by atoms with E-state index in [0.29, 0.717) is 12.5 Å². The Morgan fingerprint density at radius 2 is 1.42 bits per heavy atom. The lowest BCUT2D eigenvalue weighted by atomic mass is 9.89. The van der Waals surface area contributed by atoms with Gasteiger partial charge in [0.2, 0.25) is 0 Å². The van der Waals surface area contributed by atoms with Crippen molar-refractivity contribution in [3.63, 3.8) is 0 Å². The van der Waals surface area contributed by atoms with Crippen LogP contribution in [0.2, 0.25) is 0 Å². The van der Waals surface area contributed by atoms with Crippen LogP contribution < -0.4 is 4.90 Å². The Bertz CT molecular complexity index is 1150. The Kier molecular flexibility index (Phi) is 6.76. The first-order valence-corrected chi connectivity index (χ1v) is 12.1. The Hall–Kier alpha value is -3.06. The van der Waals surface area contributed by atoms with E-state index in [1.165, 1.54) is 31.2 Å². The molecule has 0 radical (unpaired) electrons. The Labute approximate surface area is 198 Å². The average Bonchev–Trinajstić information content (AvgIpc) is 3.39. The summed E-state index contributed by atoms with van der Waals surface area (Å²) in [6.45, 7) is 2.61. The number of rotatable bonds is 7. The smallest absolute Gasteiger partial charge is 0.148 e. The van der Waals surface area contributed by atoms with Crippen LogP contribution in [-0.4, -0.2) is 30.4 Å². The molecule has 1 aromatic heterocycles. The molecule has 2 heterocycles. The first kappa shape index (κ1) is 21.8. The number of hydrogen-bond acceptors (Lipinski definition) is 6. The van der Waals surface area contributed by atoms with Crippen molar-refractivity contribution in [3.05, 3.63) is 90.0 Å². The fourth-order valence-corrected chi connectivity index (χ4v) is 5.19. The van der Waals surface area contributed by atoms with Crippen molar-refractivity contribution in [1.29, 1.82) is 0 Å². The lowest BCUT2D eigenvalue weighted by Crippen LogP contribution is -2.32. The van der Waals surface area contributed by atoms with Crippen molar-refractivity contribution >= 4 is 17.0 Å². The summed E-state index contributed by atoms with van der Waals surface area (Å²) in [6.07, 6.45) is 2.39. The van der Waals surface area contributed by atoms with Gasteiger partial charge in [-0.15, -0.1) is 10.2 Å². The van der Waals surface area contributed by atoms with E-state index in [1.807, 2.05) is 24.3 Å². The SMILES string of the molecule is COOCc1ccc(-c2nnc(-c3ccc(N4CCC(c5ccccc5)CC4)cc3)s2)cc1. The summed E-state index contributed by atoms with van der Waals surface area (Å²) in [5.74, 6) is 0.670. The van der Waals surface area contributed by atoms with Crippen LogP contribution >= 0.6 is 11.3 Å². The van der Waals surface area contributed by atoms with Gasteiger partial charge in [0, 0.05) is 29.9 Å². The molecule has 1 aliphatic rings. The number of nitrogens with zero attached hydrogens (tertiary/aromatic N) is 3. The van der Waals surface area contributed by atoms with Crippen molar-refractivity contribution < 1.29 is 9.78 Å². The van der Waals surface area contributed by atoms with Crippen molar-refractivity contribution in [2.75, 3.05) is 25.1 Å². The summed E-state index contributed by atoms with van der Waals surface area (Å²) in [6, 6.07) is 27.8. The minimum atomic E-state index is 0.425. The first-order valence-electron chi connectivity index (χ1n) is 11.3. The van der Waals surface area contributed by atoms with Crippen LogP contribution in [0.3, 0.4) is 0 Å². The molecular weight excluding hydrogens is 430 g/mol. The zero-order chi connectivity index (χ0) is 22.5. The summed E-state index contributed by atoms with van der Waals surface area (Å²) < 4.78 is 0. The lowest BCUT2D eigenvalue weighted by Gasteiger charge is -2.34. The summed E-state index contributed by atoms with van der Waals surface area (Å²) >= 11 is 1.61. The molecule has 3 aromatic carbocycles. The van der Waals surface area contributed by atoms with Gasteiger partial charge in [0.1, 0.15) is 16.6 Å². The number of piperidine rings is 1. The van der Waals surface area contributed by atoms with Gasteiger partial charge in [0.05, 0.1) is 7.11 Å². The van der Waals surface area contributed by atoms with Crippen molar-refractivity contribution in [2.45, 2.75) is 25.4 Å². The normalized spacial score (nSPS) is 14.5. The molecule has 33 heavy (non-hydrogen) atoms. The zero-order valence-corrected chi connectivity index (χ0v) is 19.5. The molecule has 168 valence electrons. The second-order valence-corrected chi connectivity index (χ2v) is 9.23. The van der Waals surface area contributed by atoms with Gasteiger partial charge in [-0.3, -0.25) is 0 Å². The fraction of sp³-hybridized carbons (Fsp3) is 0.259. The molecule has 5 rings (SSSR count). The van der Waals surface area contributed by atoms with E-state index in [9.17, 15) is 0 Å². The summed E-state index contributed by atoms with van der Waals surface area (Å²) in [7, 11) is 1.51. The molecule has 0 N–H and O–H groups in total. The van der Waals surface area contributed by atoms with Gasteiger partial charge in [-0.2, -0.15) is 0 Å². The van der Waals surface area contributed by atoms with E-state index in [0.717, 1.165) is 39.8 Å². The Morgan fingerprint density at radius 1 is 0.818 bits per heavy atom. The van der Waals surface area contributed by atoms with Gasteiger partial charge in [0.15, 0.2) is 0 Å². The first-order chi connectivity index (χ1) is 16.3. The molecule has 0 bridgehead atoms. The average molecular weight is 458 g/mol. The molecule has 1 aliphatic heterocycles. The third-order valence-corrected chi connectivity index (χ3v) is 7.24. The highest BCUT2D eigenvalue weighted by molar-refractivity contribution is 7.17. The molecule has 5 nitrogen and oxygen atoms in total. The summed E-state index contributed by atoms with van der Waals surface area (Å²) in [5, 5.41) is 10.7. The predicted molar refractivity (Wildman–Crippen MR) is 133 cm³/mol. The maximum absolute atomic E-state index is 4.98. The Morgan fingerprint density at radius 3 is 2.03 bits per heavy atom. The molecule has 0 saturated carbocycles. The second kappa shape index (κ2) is 10.3. The maximum Gasteiger partial charge on any atom is 0.148 e. The van der Waals surface area contributed by atoms with E-state index in [-0.39, 0.29) is 0 Å². The van der Waals surface area contributed by atoms with Crippen LogP contribution in [0.1, 0.15) is 29.9 Å². The highest BCUT2D eigenvalue weighted by atomic mass is 32.1. The molecule has 0 unspecified atom stereocenters. The zero-order valence-electron chi connectivity index (χ0n) is 18.7. The third-order valence-electron chi connectivity index (χ3n) is 6.21. The quantitative estimate of drug-likeness (QED) is 0.240. The number of anilines is 1. The largest absolute Gasteiger partial charge is 0.371 e.